The van der Waals surface area contributed by atoms with E-state index in [0.717, 1.165) is 21.3 Å². The maximum absolute atomic E-state index is 13.6. The van der Waals surface area contributed by atoms with E-state index in [0.29, 0.717) is 35.7 Å². The highest BCUT2D eigenvalue weighted by molar-refractivity contribution is 6.34. The van der Waals surface area contributed by atoms with E-state index < -0.39 is 28.6 Å². The number of methoxy groups -OCH3 is 2. The minimum absolute atomic E-state index is 0.0860. The van der Waals surface area contributed by atoms with Crippen LogP contribution < -0.4 is 26.6 Å². The summed E-state index contributed by atoms with van der Waals surface area (Å²) in [5.74, 6) is 0.390. The minimum Gasteiger partial charge on any atom is -0.495 e. The van der Waals surface area contributed by atoms with E-state index in [4.69, 9.17) is 21.1 Å². The first kappa shape index (κ1) is 29.3. The summed E-state index contributed by atoms with van der Waals surface area (Å²) in [5, 5.41) is 5.97. The number of pyridine rings is 1. The molecule has 6 rings (SSSR count). The Hall–Kier alpha value is -4.74. The van der Waals surface area contributed by atoms with Gasteiger partial charge < -0.3 is 20.1 Å². The van der Waals surface area contributed by atoms with Gasteiger partial charge in [0.25, 0.3) is 5.56 Å². The predicted octanol–water partition coefficient (Wildman–Crippen LogP) is 3.57. The summed E-state index contributed by atoms with van der Waals surface area (Å²) in [6.07, 6.45) is 4.01. The molecule has 1 aliphatic heterocycles. The Bertz CT molecular complexity index is 1940. The van der Waals surface area contributed by atoms with Crippen LogP contribution in [0.15, 0.2) is 70.5 Å². The number of ether oxygens (including phenoxy) is 2. The molecule has 1 spiro atoms. The van der Waals surface area contributed by atoms with Crippen molar-refractivity contribution in [2.75, 3.05) is 31.5 Å². The topological polar surface area (TPSA) is 134 Å². The van der Waals surface area contributed by atoms with Gasteiger partial charge in [0, 0.05) is 36.3 Å². The van der Waals surface area contributed by atoms with Crippen LogP contribution in [-0.2, 0) is 39.1 Å². The lowest BCUT2D eigenvalue weighted by Crippen LogP contribution is -2.44. The van der Waals surface area contributed by atoms with E-state index in [1.165, 1.54) is 25.0 Å². The normalized spacial score (nSPS) is 17.2. The van der Waals surface area contributed by atoms with Gasteiger partial charge in [-0.15, -0.1) is 0 Å². The number of halogens is 1. The van der Waals surface area contributed by atoms with Crippen molar-refractivity contribution >= 4 is 34.9 Å². The standard InChI is InChI=1S/C32H30ClN5O6/c1-18(17-43-2)38-29(40)23(22-6-4-8-25(44-3)27(22)33)15-37(31(38)42)16-26(39)35-21-10-9-19-13-32(14-20(19)12-21)24-7-5-11-34-28(24)36-30(32)41/h4-12,15,18H,13-14,16-17H2,1-3H3,(H,35,39)(H,34,36,41)/t18-,32-/m1/s1. The van der Waals surface area contributed by atoms with Crippen LogP contribution in [0.5, 0.6) is 5.75 Å². The van der Waals surface area contributed by atoms with Gasteiger partial charge in [-0.1, -0.05) is 35.9 Å². The lowest BCUT2D eigenvalue weighted by Gasteiger charge is -2.20. The maximum Gasteiger partial charge on any atom is 0.331 e. The maximum atomic E-state index is 13.6. The molecular formula is C32H30ClN5O6. The van der Waals surface area contributed by atoms with Gasteiger partial charge in [-0.2, -0.15) is 0 Å². The summed E-state index contributed by atoms with van der Waals surface area (Å²) in [6, 6.07) is 13.7. The van der Waals surface area contributed by atoms with Crippen LogP contribution in [0.4, 0.5) is 11.5 Å². The van der Waals surface area contributed by atoms with Crippen LogP contribution in [0.2, 0.25) is 5.02 Å². The Balaban J connectivity index is 1.30. The molecule has 2 aromatic heterocycles. The highest BCUT2D eigenvalue weighted by Gasteiger charge is 2.51. The molecule has 0 unspecified atom stereocenters. The van der Waals surface area contributed by atoms with E-state index >= 15 is 0 Å². The van der Waals surface area contributed by atoms with Crippen molar-refractivity contribution in [1.29, 1.82) is 0 Å². The number of anilines is 2. The molecule has 0 bridgehead atoms. The summed E-state index contributed by atoms with van der Waals surface area (Å²) in [5.41, 5.74) is 1.91. The highest BCUT2D eigenvalue weighted by Crippen LogP contribution is 2.47. The molecule has 226 valence electrons. The molecule has 11 nitrogen and oxygen atoms in total. The number of hydrogen-bond acceptors (Lipinski definition) is 7. The van der Waals surface area contributed by atoms with Crippen molar-refractivity contribution in [3.63, 3.8) is 0 Å². The summed E-state index contributed by atoms with van der Waals surface area (Å²) in [6.45, 7) is 1.42. The zero-order chi connectivity index (χ0) is 31.2. The Morgan fingerprint density at radius 2 is 1.89 bits per heavy atom. The van der Waals surface area contributed by atoms with E-state index in [1.807, 2.05) is 24.3 Å². The number of aromatic nitrogens is 3. The van der Waals surface area contributed by atoms with Crippen molar-refractivity contribution in [1.82, 2.24) is 14.1 Å². The van der Waals surface area contributed by atoms with Crippen LogP contribution in [0, 0.1) is 0 Å². The summed E-state index contributed by atoms with van der Waals surface area (Å²) >= 11 is 6.55. The van der Waals surface area contributed by atoms with Crippen molar-refractivity contribution in [2.45, 2.75) is 37.8 Å². The smallest absolute Gasteiger partial charge is 0.331 e. The zero-order valence-electron chi connectivity index (χ0n) is 24.3. The second-order valence-electron chi connectivity index (χ2n) is 11.1. The van der Waals surface area contributed by atoms with Gasteiger partial charge in [0.15, 0.2) is 0 Å². The molecular weight excluding hydrogens is 586 g/mol. The lowest BCUT2D eigenvalue weighted by molar-refractivity contribution is -0.120. The molecule has 4 aromatic rings. The third-order valence-electron chi connectivity index (χ3n) is 8.29. The lowest BCUT2D eigenvalue weighted by atomic mass is 9.79. The Morgan fingerprint density at radius 1 is 1.09 bits per heavy atom. The minimum atomic E-state index is -0.730. The fourth-order valence-electron chi connectivity index (χ4n) is 6.20. The van der Waals surface area contributed by atoms with Crippen molar-refractivity contribution in [3.05, 3.63) is 103 Å². The molecule has 2 amide bonds. The quantitative estimate of drug-likeness (QED) is 0.310. The second kappa shape index (κ2) is 11.4. The van der Waals surface area contributed by atoms with Gasteiger partial charge in [-0.3, -0.25) is 23.5 Å². The number of nitrogens with one attached hydrogen (secondary N) is 2. The Kier molecular flexibility index (Phi) is 7.60. The molecule has 2 atom stereocenters. The van der Waals surface area contributed by atoms with Crippen LogP contribution in [0.1, 0.15) is 29.7 Å². The SMILES string of the molecule is COC[C@@H](C)n1c(=O)c(-c2cccc(OC)c2Cl)cn(CC(=O)Nc2ccc3c(c2)C[C@@]2(C3)C(=O)Nc3ncccc32)c1=O. The molecule has 0 saturated heterocycles. The van der Waals surface area contributed by atoms with Gasteiger partial charge in [0.05, 0.1) is 35.8 Å². The summed E-state index contributed by atoms with van der Waals surface area (Å²) in [7, 11) is 2.94. The predicted molar refractivity (Wildman–Crippen MR) is 166 cm³/mol. The summed E-state index contributed by atoms with van der Waals surface area (Å²) < 4.78 is 12.8. The fourth-order valence-corrected chi connectivity index (χ4v) is 6.51. The third-order valence-corrected chi connectivity index (χ3v) is 8.68. The first-order chi connectivity index (χ1) is 21.2. The number of rotatable bonds is 8. The van der Waals surface area contributed by atoms with Gasteiger partial charge >= 0.3 is 5.69 Å². The monoisotopic (exact) mass is 615 g/mol. The number of carbonyl (C=O) groups is 2. The average molecular weight is 616 g/mol. The fraction of sp³-hybridized carbons (Fsp3) is 0.281. The molecule has 12 heteroatoms. The molecule has 0 saturated carbocycles. The van der Waals surface area contributed by atoms with Gasteiger partial charge in [0.1, 0.15) is 18.1 Å². The van der Waals surface area contributed by atoms with E-state index in [1.54, 1.807) is 37.4 Å². The van der Waals surface area contributed by atoms with Crippen LogP contribution in [-0.4, -0.2) is 46.8 Å². The number of nitrogens with zero attached hydrogens (tertiary/aromatic N) is 3. The molecule has 2 aromatic carbocycles. The molecule has 2 aliphatic rings. The molecule has 44 heavy (non-hydrogen) atoms. The molecule has 0 radical (unpaired) electrons. The van der Waals surface area contributed by atoms with E-state index in [-0.39, 0.29) is 29.6 Å². The second-order valence-corrected chi connectivity index (χ2v) is 11.5. The van der Waals surface area contributed by atoms with Gasteiger partial charge in [-0.05, 0) is 55.2 Å². The number of fused-ring (bicyclic) bond motifs is 3. The molecule has 1 aliphatic carbocycles. The number of amides is 2. The average Bonchev–Trinajstić information content (AvgIpc) is 3.51. The Labute approximate surface area is 257 Å². The zero-order valence-corrected chi connectivity index (χ0v) is 25.1. The summed E-state index contributed by atoms with van der Waals surface area (Å²) in [4.78, 5) is 57.7. The first-order valence-corrected chi connectivity index (χ1v) is 14.4. The number of hydrogen-bond donors (Lipinski definition) is 2. The first-order valence-electron chi connectivity index (χ1n) is 14.0. The molecule has 2 N–H and O–H groups in total. The van der Waals surface area contributed by atoms with Crippen LogP contribution in [0.25, 0.3) is 11.1 Å². The highest BCUT2D eigenvalue weighted by atomic mass is 35.5. The number of carbonyl (C=O) groups excluding carboxylic acids is 2. The van der Waals surface area contributed by atoms with Gasteiger partial charge in [-0.25, -0.2) is 9.78 Å². The third kappa shape index (κ3) is 4.87. The van der Waals surface area contributed by atoms with Crippen LogP contribution in [0.3, 0.4) is 0 Å². The van der Waals surface area contributed by atoms with Crippen molar-refractivity contribution < 1.29 is 19.1 Å². The Morgan fingerprint density at radius 3 is 2.66 bits per heavy atom. The van der Waals surface area contributed by atoms with E-state index in [2.05, 4.69) is 15.6 Å². The van der Waals surface area contributed by atoms with E-state index in [9.17, 15) is 19.2 Å². The molecule has 3 heterocycles. The van der Waals surface area contributed by atoms with Crippen molar-refractivity contribution in [3.8, 4) is 16.9 Å². The largest absolute Gasteiger partial charge is 0.495 e. The van der Waals surface area contributed by atoms with Crippen molar-refractivity contribution in [2.24, 2.45) is 0 Å². The van der Waals surface area contributed by atoms with Gasteiger partial charge in [0.2, 0.25) is 11.8 Å². The molecule has 0 fully saturated rings. The van der Waals surface area contributed by atoms with Crippen LogP contribution >= 0.6 is 11.6 Å². The number of benzene rings is 2.